The predicted molar refractivity (Wildman–Crippen MR) is 229 cm³/mol. The molecule has 2 aliphatic heterocycles. The zero-order valence-corrected chi connectivity index (χ0v) is 34.8. The minimum atomic E-state index is -3.96. The number of methoxy groups -OCH3 is 1. The number of likely N-dealkylation sites (tertiary alicyclic amines) is 1. The van der Waals surface area contributed by atoms with Crippen molar-refractivity contribution in [3.63, 3.8) is 0 Å². The monoisotopic (exact) mass is 817 g/mol. The Morgan fingerprint density at radius 1 is 0.847 bits per heavy atom. The second-order valence-corrected chi connectivity index (χ2v) is 17.5. The fraction of sp³-hybridized carbons (Fsp3) is 0.354. The molecule has 10 nitrogen and oxygen atoms in total. The normalized spacial score (nSPS) is 21.6. The van der Waals surface area contributed by atoms with E-state index >= 15 is 0 Å². The number of hydrogen-bond donors (Lipinski definition) is 3. The standard InChI is InChI=1S/C48H55N3O7S/c1-33-14-24-43(25-15-33)59(54,55)50-44(28-35-9-5-4-6-10-35)47(53)49-29-37-11-7-12-41(27-37)38-20-22-40(23-21-38)48-57-45(30-51-26-8-13-42(51)32-56-3)34(2)46(58-48)39-18-16-36(31-52)17-19-39/h4-7,9-12,14-25,27,34,42,44-46,48,50,52H,8,13,26,28-32H2,1-3H3,(H,49,53)/t34-,42-,44+,45+,46+,48+/m0/s1. The predicted octanol–water partition coefficient (Wildman–Crippen LogP) is 7.26. The van der Waals surface area contributed by atoms with Crippen molar-refractivity contribution in [2.24, 2.45) is 5.92 Å². The van der Waals surface area contributed by atoms with Gasteiger partial charge in [-0.2, -0.15) is 4.72 Å². The molecule has 2 heterocycles. The molecule has 59 heavy (non-hydrogen) atoms. The minimum Gasteiger partial charge on any atom is -0.392 e. The molecule has 0 radical (unpaired) electrons. The van der Waals surface area contributed by atoms with Gasteiger partial charge in [0.15, 0.2) is 6.29 Å². The van der Waals surface area contributed by atoms with E-state index in [0.717, 1.165) is 70.4 Å². The molecule has 2 fully saturated rings. The molecule has 2 saturated heterocycles. The molecule has 0 saturated carbocycles. The highest BCUT2D eigenvalue weighted by Crippen LogP contribution is 2.42. The first kappa shape index (κ1) is 42.4. The van der Waals surface area contributed by atoms with Gasteiger partial charge in [0.25, 0.3) is 0 Å². The van der Waals surface area contributed by atoms with Crippen molar-refractivity contribution >= 4 is 15.9 Å². The molecule has 11 heteroatoms. The number of ether oxygens (including phenoxy) is 3. The van der Waals surface area contributed by atoms with Gasteiger partial charge in [0.05, 0.1) is 30.3 Å². The van der Waals surface area contributed by atoms with Gasteiger partial charge in [-0.1, -0.05) is 122 Å². The molecule has 7 rings (SSSR count). The number of hydrogen-bond acceptors (Lipinski definition) is 8. The van der Waals surface area contributed by atoms with Gasteiger partial charge in [0.2, 0.25) is 15.9 Å². The summed E-state index contributed by atoms with van der Waals surface area (Å²) in [5, 5.41) is 12.6. The molecule has 0 aliphatic carbocycles. The van der Waals surface area contributed by atoms with Crippen LogP contribution in [0.15, 0.2) is 132 Å². The molecule has 0 aromatic heterocycles. The first-order chi connectivity index (χ1) is 28.6. The van der Waals surface area contributed by atoms with Gasteiger partial charge in [-0.3, -0.25) is 9.69 Å². The van der Waals surface area contributed by atoms with Crippen molar-refractivity contribution in [1.29, 1.82) is 0 Å². The molecular formula is C48H55N3O7S. The Morgan fingerprint density at radius 2 is 1.56 bits per heavy atom. The van der Waals surface area contributed by atoms with Gasteiger partial charge in [0, 0.05) is 37.7 Å². The molecule has 6 atom stereocenters. The summed E-state index contributed by atoms with van der Waals surface area (Å²) in [5.41, 5.74) is 7.45. The van der Waals surface area contributed by atoms with Crippen LogP contribution in [0.2, 0.25) is 0 Å². The van der Waals surface area contributed by atoms with Crippen LogP contribution in [0, 0.1) is 12.8 Å². The fourth-order valence-electron chi connectivity index (χ4n) is 8.09. The summed E-state index contributed by atoms with van der Waals surface area (Å²) in [6.45, 7) is 6.79. The smallest absolute Gasteiger partial charge is 0.241 e. The highest BCUT2D eigenvalue weighted by molar-refractivity contribution is 7.89. The topological polar surface area (TPSA) is 126 Å². The minimum absolute atomic E-state index is 0.0103. The first-order valence-corrected chi connectivity index (χ1v) is 21.9. The average molecular weight is 818 g/mol. The van der Waals surface area contributed by atoms with Crippen LogP contribution in [-0.4, -0.2) is 69.3 Å². The highest BCUT2D eigenvalue weighted by atomic mass is 32.2. The molecule has 0 unspecified atom stereocenters. The molecule has 2 aliphatic rings. The Bertz CT molecular complexity index is 2240. The Morgan fingerprint density at radius 3 is 2.27 bits per heavy atom. The lowest BCUT2D eigenvalue weighted by Crippen LogP contribution is -2.47. The molecule has 3 N–H and O–H groups in total. The van der Waals surface area contributed by atoms with E-state index in [9.17, 15) is 18.3 Å². The third-order valence-corrected chi connectivity index (χ3v) is 13.0. The number of nitrogens with one attached hydrogen (secondary N) is 2. The fourth-order valence-corrected chi connectivity index (χ4v) is 9.29. The lowest BCUT2D eigenvalue weighted by atomic mass is 9.89. The van der Waals surface area contributed by atoms with Crippen molar-refractivity contribution < 1.29 is 32.5 Å². The van der Waals surface area contributed by atoms with Crippen molar-refractivity contribution in [3.05, 3.63) is 161 Å². The lowest BCUT2D eigenvalue weighted by molar-refractivity contribution is -0.276. The summed E-state index contributed by atoms with van der Waals surface area (Å²) in [4.78, 5) is 16.3. The van der Waals surface area contributed by atoms with Gasteiger partial charge in [-0.15, -0.1) is 0 Å². The van der Waals surface area contributed by atoms with Gasteiger partial charge in [0.1, 0.15) is 6.04 Å². The third kappa shape index (κ3) is 10.7. The maximum Gasteiger partial charge on any atom is 0.241 e. The van der Waals surface area contributed by atoms with E-state index in [-0.39, 0.29) is 42.6 Å². The number of aliphatic hydroxyl groups excluding tert-OH is 1. The van der Waals surface area contributed by atoms with E-state index in [1.54, 1.807) is 31.4 Å². The molecule has 1 amide bonds. The second-order valence-electron chi connectivity index (χ2n) is 15.8. The van der Waals surface area contributed by atoms with Crippen LogP contribution in [0.4, 0.5) is 0 Å². The number of amides is 1. The van der Waals surface area contributed by atoms with E-state index in [4.69, 9.17) is 14.2 Å². The molecule has 0 bridgehead atoms. The van der Waals surface area contributed by atoms with Crippen LogP contribution >= 0.6 is 0 Å². The summed E-state index contributed by atoms with van der Waals surface area (Å²) < 4.78 is 48.4. The number of rotatable bonds is 16. The first-order valence-electron chi connectivity index (χ1n) is 20.4. The Labute approximate surface area is 348 Å². The number of sulfonamides is 1. The maximum atomic E-state index is 13.7. The number of aryl methyl sites for hydroxylation is 1. The van der Waals surface area contributed by atoms with Gasteiger partial charge >= 0.3 is 0 Å². The summed E-state index contributed by atoms with van der Waals surface area (Å²) in [6, 6.07) is 39.4. The van der Waals surface area contributed by atoms with Crippen molar-refractivity contribution in [2.75, 3.05) is 26.8 Å². The zero-order chi connectivity index (χ0) is 41.4. The summed E-state index contributed by atoms with van der Waals surface area (Å²) in [7, 11) is -2.20. The van der Waals surface area contributed by atoms with E-state index in [0.29, 0.717) is 12.6 Å². The quantitative estimate of drug-likeness (QED) is 0.0951. The van der Waals surface area contributed by atoms with Crippen molar-refractivity contribution in [1.82, 2.24) is 14.9 Å². The van der Waals surface area contributed by atoms with Gasteiger partial charge in [-0.25, -0.2) is 8.42 Å². The van der Waals surface area contributed by atoms with E-state index in [1.807, 2.05) is 97.9 Å². The molecule has 310 valence electrons. The van der Waals surface area contributed by atoms with E-state index in [1.165, 1.54) is 0 Å². The highest BCUT2D eigenvalue weighted by Gasteiger charge is 2.40. The SMILES string of the molecule is COC[C@@H]1CCCN1C[C@H]1O[C@@H](c2ccc(-c3cccc(CNC(=O)[C@@H](Cc4ccccc4)NS(=O)(=O)c4ccc(C)cc4)c3)cc2)O[C@@H](c2ccc(CO)cc2)[C@H]1C. The number of aliphatic hydroxyl groups is 1. The van der Waals surface area contributed by atoms with Gasteiger partial charge < -0.3 is 24.6 Å². The molecule has 0 spiro atoms. The average Bonchev–Trinajstić information content (AvgIpc) is 3.70. The van der Waals surface area contributed by atoms with Crippen molar-refractivity contribution in [2.45, 2.75) is 81.7 Å². The Kier molecular flexibility index (Phi) is 14.1. The van der Waals surface area contributed by atoms with Crippen LogP contribution in [0.25, 0.3) is 11.1 Å². The number of carbonyl (C=O) groups excluding carboxylic acids is 1. The Hall–Kier alpha value is -4.72. The van der Waals surface area contributed by atoms with Crippen LogP contribution in [-0.2, 0) is 48.6 Å². The number of carbonyl (C=O) groups is 1. The van der Waals surface area contributed by atoms with E-state index in [2.05, 4.69) is 34.0 Å². The number of benzene rings is 5. The summed E-state index contributed by atoms with van der Waals surface area (Å²) in [5.74, 6) is -0.333. The lowest BCUT2D eigenvalue weighted by Gasteiger charge is -2.43. The third-order valence-electron chi connectivity index (χ3n) is 11.5. The van der Waals surface area contributed by atoms with Crippen LogP contribution in [0.5, 0.6) is 0 Å². The van der Waals surface area contributed by atoms with Crippen molar-refractivity contribution in [3.8, 4) is 11.1 Å². The Balaban J connectivity index is 1.05. The molecule has 5 aromatic rings. The molecule has 5 aromatic carbocycles. The van der Waals surface area contributed by atoms with E-state index < -0.39 is 28.3 Å². The van der Waals surface area contributed by atoms with Crippen LogP contribution < -0.4 is 10.0 Å². The van der Waals surface area contributed by atoms with Crippen LogP contribution in [0.3, 0.4) is 0 Å². The largest absolute Gasteiger partial charge is 0.392 e. The second kappa shape index (κ2) is 19.6. The summed E-state index contributed by atoms with van der Waals surface area (Å²) >= 11 is 0. The molecular weight excluding hydrogens is 763 g/mol. The van der Waals surface area contributed by atoms with Gasteiger partial charge in [-0.05, 0) is 84.3 Å². The number of nitrogens with zero attached hydrogens (tertiary/aromatic N) is 1. The summed E-state index contributed by atoms with van der Waals surface area (Å²) in [6.07, 6.45) is 1.59. The zero-order valence-electron chi connectivity index (χ0n) is 34.0. The van der Waals surface area contributed by atoms with Crippen LogP contribution in [0.1, 0.15) is 65.5 Å². The maximum absolute atomic E-state index is 13.7.